The monoisotopic (exact) mass is 408 g/mol. The van der Waals surface area contributed by atoms with Gasteiger partial charge in [-0.3, -0.25) is 14.4 Å². The number of methoxy groups -OCH3 is 1. The summed E-state index contributed by atoms with van der Waals surface area (Å²) in [5, 5.41) is 10.4. The lowest BCUT2D eigenvalue weighted by atomic mass is 10.1. The number of esters is 1. The van der Waals surface area contributed by atoms with Crippen molar-refractivity contribution in [1.82, 2.24) is 4.57 Å². The number of halogens is 1. The number of carbonyl (C=O) groups excluding carboxylic acids is 1. The van der Waals surface area contributed by atoms with Crippen molar-refractivity contribution in [3.8, 4) is 5.88 Å². The van der Waals surface area contributed by atoms with E-state index >= 15 is 0 Å². The number of hydrogen-bond donors (Lipinski definition) is 1. The number of aliphatic imine (C=N–C) groups is 1. The molecule has 6 nitrogen and oxygen atoms in total. The first-order chi connectivity index (χ1) is 11.4. The largest absolute Gasteiger partial charge is 0.493 e. The predicted octanol–water partition coefficient (Wildman–Crippen LogP) is 3.37. The molecular formula is C16H13BrN2O4S. The highest BCUT2D eigenvalue weighted by Gasteiger charge is 2.24. The van der Waals surface area contributed by atoms with Crippen molar-refractivity contribution < 1.29 is 14.6 Å². The average Bonchev–Trinajstić information content (AvgIpc) is 3.07. The number of allylic oxidation sites excluding steroid dienone is 1. The average molecular weight is 409 g/mol. The van der Waals surface area contributed by atoms with Gasteiger partial charge < -0.3 is 9.84 Å². The van der Waals surface area contributed by atoms with Gasteiger partial charge in [-0.1, -0.05) is 27.3 Å². The van der Waals surface area contributed by atoms with Crippen LogP contribution >= 0.6 is 27.3 Å². The Balaban J connectivity index is 2.05. The second-order valence-corrected chi connectivity index (χ2v) is 7.05. The minimum absolute atomic E-state index is 0.257. The fourth-order valence-electron chi connectivity index (χ4n) is 2.42. The van der Waals surface area contributed by atoms with E-state index in [4.69, 9.17) is 0 Å². The van der Waals surface area contributed by atoms with Crippen LogP contribution < -0.4 is 4.87 Å². The molecule has 8 heteroatoms. The minimum atomic E-state index is -0.899. The molecule has 1 unspecified atom stereocenters. The summed E-state index contributed by atoms with van der Waals surface area (Å²) in [5.74, 6) is -0.853. The van der Waals surface area contributed by atoms with Crippen LogP contribution in [0.15, 0.2) is 32.5 Å². The Kier molecular flexibility index (Phi) is 4.42. The molecule has 24 heavy (non-hydrogen) atoms. The topological polar surface area (TPSA) is 80.9 Å². The molecule has 2 aromatic rings. The van der Waals surface area contributed by atoms with E-state index in [2.05, 4.69) is 25.7 Å². The summed E-state index contributed by atoms with van der Waals surface area (Å²) < 4.78 is 6.57. The van der Waals surface area contributed by atoms with E-state index in [-0.39, 0.29) is 5.88 Å². The summed E-state index contributed by atoms with van der Waals surface area (Å²) in [4.78, 5) is 28.0. The van der Waals surface area contributed by atoms with Crippen LogP contribution in [-0.2, 0) is 9.53 Å². The number of aromatic nitrogens is 1. The van der Waals surface area contributed by atoms with Crippen molar-refractivity contribution in [3.63, 3.8) is 0 Å². The molecule has 124 valence electrons. The van der Waals surface area contributed by atoms with Crippen molar-refractivity contribution in [1.29, 1.82) is 0 Å². The van der Waals surface area contributed by atoms with Gasteiger partial charge in [-0.15, -0.1) is 0 Å². The highest BCUT2D eigenvalue weighted by molar-refractivity contribution is 9.10. The second kappa shape index (κ2) is 6.37. The Bertz CT molecular complexity index is 942. The van der Waals surface area contributed by atoms with Gasteiger partial charge in [-0.25, -0.2) is 4.79 Å². The number of fused-ring (bicyclic) bond motifs is 1. The van der Waals surface area contributed by atoms with Gasteiger partial charge in [-0.05, 0) is 31.2 Å². The Morgan fingerprint density at radius 3 is 2.96 bits per heavy atom. The van der Waals surface area contributed by atoms with E-state index in [9.17, 15) is 14.7 Å². The molecule has 1 aromatic heterocycles. The van der Waals surface area contributed by atoms with Crippen molar-refractivity contribution in [2.24, 2.45) is 4.99 Å². The molecule has 0 saturated carbocycles. The number of aromatic hydroxyl groups is 1. The number of hydrogen-bond acceptors (Lipinski definition) is 6. The molecule has 1 N–H and O–H groups in total. The van der Waals surface area contributed by atoms with Gasteiger partial charge in [0, 0.05) is 21.8 Å². The van der Waals surface area contributed by atoms with E-state index < -0.39 is 16.9 Å². The van der Waals surface area contributed by atoms with Gasteiger partial charge in [0.2, 0.25) is 5.88 Å². The van der Waals surface area contributed by atoms with E-state index in [0.29, 0.717) is 4.88 Å². The van der Waals surface area contributed by atoms with Crippen LogP contribution in [0, 0.1) is 0 Å². The number of thiazole rings is 1. The number of ether oxygens (including phenoxy) is 1. The van der Waals surface area contributed by atoms with E-state index in [0.717, 1.165) is 37.2 Å². The summed E-state index contributed by atoms with van der Waals surface area (Å²) in [6.07, 6.45) is 3.36. The van der Waals surface area contributed by atoms with Crippen molar-refractivity contribution in [2.75, 3.05) is 7.11 Å². The van der Waals surface area contributed by atoms with Crippen LogP contribution in [-0.4, -0.2) is 29.0 Å². The summed E-state index contributed by atoms with van der Waals surface area (Å²) >= 11 is 4.28. The molecule has 0 bridgehead atoms. The van der Waals surface area contributed by atoms with E-state index in [1.807, 2.05) is 18.2 Å². The number of rotatable bonds is 3. The third kappa shape index (κ3) is 2.83. The SMILES string of the molecule is COC(=O)C(C)n1c(O)c(/C=C2\C=Nc3ccc(Br)cc32)sc1=O. The molecule has 0 radical (unpaired) electrons. The van der Waals surface area contributed by atoms with Crippen molar-refractivity contribution in [3.05, 3.63) is 42.8 Å². The molecule has 1 aliphatic heterocycles. The van der Waals surface area contributed by atoms with Gasteiger partial charge in [0.15, 0.2) is 0 Å². The summed E-state index contributed by atoms with van der Waals surface area (Å²) in [7, 11) is 1.24. The summed E-state index contributed by atoms with van der Waals surface area (Å²) in [6, 6.07) is 4.79. The fraction of sp³-hybridized carbons (Fsp3) is 0.188. The van der Waals surface area contributed by atoms with Crippen LogP contribution in [0.2, 0.25) is 0 Å². The van der Waals surface area contributed by atoms with Crippen LogP contribution in [0.1, 0.15) is 23.4 Å². The van der Waals surface area contributed by atoms with Crippen LogP contribution in [0.3, 0.4) is 0 Å². The van der Waals surface area contributed by atoms with Crippen molar-refractivity contribution in [2.45, 2.75) is 13.0 Å². The van der Waals surface area contributed by atoms with Gasteiger partial charge >= 0.3 is 10.8 Å². The molecule has 3 rings (SSSR count). The molecule has 1 aliphatic rings. The van der Waals surface area contributed by atoms with Gasteiger partial charge in [0.25, 0.3) is 0 Å². The Hall–Kier alpha value is -2.19. The molecule has 0 spiro atoms. The molecule has 0 fully saturated rings. The second-order valence-electron chi connectivity index (χ2n) is 5.14. The van der Waals surface area contributed by atoms with Crippen molar-refractivity contribution >= 4 is 56.8 Å². The molecule has 1 aromatic carbocycles. The van der Waals surface area contributed by atoms with Gasteiger partial charge in [0.05, 0.1) is 17.7 Å². The third-order valence-corrected chi connectivity index (χ3v) is 5.06. The highest BCUT2D eigenvalue weighted by atomic mass is 79.9. The number of benzene rings is 1. The maximum Gasteiger partial charge on any atom is 0.328 e. The lowest BCUT2D eigenvalue weighted by Crippen LogP contribution is -2.24. The normalized spacial score (nSPS) is 15.5. The zero-order chi connectivity index (χ0) is 17.4. The van der Waals surface area contributed by atoms with Crippen LogP contribution in [0.5, 0.6) is 5.88 Å². The Morgan fingerprint density at radius 2 is 2.25 bits per heavy atom. The maximum absolute atomic E-state index is 12.1. The maximum atomic E-state index is 12.1. The standard InChI is InChI=1S/C16H13BrN2O4S/c1-8(15(21)23-2)19-14(20)13(24-16(19)22)5-9-7-18-12-4-3-10(17)6-11(9)12/h3-8,20H,1-2H3/b9-5+. The molecule has 2 heterocycles. The van der Waals surface area contributed by atoms with Crippen LogP contribution in [0.25, 0.3) is 11.6 Å². The quantitative estimate of drug-likeness (QED) is 0.789. The zero-order valence-electron chi connectivity index (χ0n) is 12.8. The zero-order valence-corrected chi connectivity index (χ0v) is 15.2. The first-order valence-corrected chi connectivity index (χ1v) is 8.61. The summed E-state index contributed by atoms with van der Waals surface area (Å²) in [5.41, 5.74) is 2.50. The first-order valence-electron chi connectivity index (χ1n) is 7.00. The summed E-state index contributed by atoms with van der Waals surface area (Å²) in [6.45, 7) is 1.50. The highest BCUT2D eigenvalue weighted by Crippen LogP contribution is 2.36. The fourth-order valence-corrected chi connectivity index (χ4v) is 3.69. The van der Waals surface area contributed by atoms with E-state index in [1.54, 1.807) is 12.3 Å². The lowest BCUT2D eigenvalue weighted by molar-refractivity contribution is -0.144. The molecular weight excluding hydrogens is 396 g/mol. The van der Waals surface area contributed by atoms with Gasteiger partial charge in [-0.2, -0.15) is 0 Å². The molecule has 0 amide bonds. The predicted molar refractivity (Wildman–Crippen MR) is 97.1 cm³/mol. The molecule has 0 saturated heterocycles. The smallest absolute Gasteiger partial charge is 0.328 e. The van der Waals surface area contributed by atoms with Gasteiger partial charge in [0.1, 0.15) is 6.04 Å². The Morgan fingerprint density at radius 1 is 1.50 bits per heavy atom. The minimum Gasteiger partial charge on any atom is -0.493 e. The lowest BCUT2D eigenvalue weighted by Gasteiger charge is -2.10. The van der Waals surface area contributed by atoms with E-state index in [1.165, 1.54) is 14.0 Å². The Labute approximate surface area is 149 Å². The molecule has 0 aliphatic carbocycles. The first kappa shape index (κ1) is 16.7. The third-order valence-electron chi connectivity index (χ3n) is 3.67. The van der Waals surface area contributed by atoms with Crippen LogP contribution in [0.4, 0.5) is 5.69 Å². The molecule has 1 atom stereocenters. The number of nitrogens with zero attached hydrogens (tertiary/aromatic N) is 2. The number of carbonyl (C=O) groups is 1.